The van der Waals surface area contributed by atoms with Crippen LogP contribution in [0.1, 0.15) is 53.0 Å². The molecule has 1 aromatic rings. The molecule has 0 aromatic heterocycles. The van der Waals surface area contributed by atoms with E-state index in [2.05, 4.69) is 0 Å². The molecular weight excluding hydrogens is 412 g/mol. The topological polar surface area (TPSA) is 50.6 Å². The largest absolute Gasteiger partial charge is 0.430 e. The van der Waals surface area contributed by atoms with Crippen molar-refractivity contribution >= 4 is 11.6 Å². The van der Waals surface area contributed by atoms with Gasteiger partial charge in [0, 0.05) is 29.9 Å². The van der Waals surface area contributed by atoms with E-state index >= 15 is 0 Å². The van der Waals surface area contributed by atoms with E-state index < -0.39 is 23.5 Å². The molecule has 10 heteroatoms. The first-order chi connectivity index (χ1) is 13.6. The molecule has 0 spiro atoms. The highest BCUT2D eigenvalue weighted by Gasteiger charge is 2.71. The molecule has 0 saturated carbocycles. The summed E-state index contributed by atoms with van der Waals surface area (Å²) in [6.07, 6.45) is -10.4. The third kappa shape index (κ3) is 5.19. The van der Waals surface area contributed by atoms with Crippen LogP contribution in [0.5, 0.6) is 0 Å². The maximum absolute atomic E-state index is 13.1. The van der Waals surface area contributed by atoms with Gasteiger partial charge in [-0.15, -0.1) is 0 Å². The first-order valence-electron chi connectivity index (χ1n) is 9.70. The minimum atomic E-state index is -5.94. The summed E-state index contributed by atoms with van der Waals surface area (Å²) in [5, 5.41) is 18.2. The fourth-order valence-electron chi connectivity index (χ4n) is 3.27. The van der Waals surface area contributed by atoms with Crippen LogP contribution in [0.25, 0.3) is 0 Å². The molecule has 0 aliphatic carbocycles. The van der Waals surface area contributed by atoms with E-state index in [0.29, 0.717) is 25.1 Å². The Hall–Kier alpha value is -1.97. The number of hydrogen-bond donors (Lipinski definition) is 2. The van der Waals surface area contributed by atoms with Gasteiger partial charge in [-0.3, -0.25) is 5.41 Å². The highest BCUT2D eigenvalue weighted by atomic mass is 19.4. The zero-order valence-corrected chi connectivity index (χ0v) is 17.7. The Balaban J connectivity index is 3.42. The summed E-state index contributed by atoms with van der Waals surface area (Å²) in [5.41, 5.74) is -6.02. The SMILES string of the molecule is CCCCN(C(=N)N(C(C)C)C(C)C)c1ccc(C(O)(C(F)(F)F)C(F)(F)F)cc1. The van der Waals surface area contributed by atoms with Crippen LogP contribution in [0.2, 0.25) is 0 Å². The second kappa shape index (κ2) is 9.45. The number of rotatable bonds is 7. The molecule has 30 heavy (non-hydrogen) atoms. The predicted octanol–water partition coefficient (Wildman–Crippen LogP) is 5.66. The molecule has 0 fully saturated rings. The maximum Gasteiger partial charge on any atom is 0.430 e. The third-order valence-electron chi connectivity index (χ3n) is 4.77. The minimum absolute atomic E-state index is 0.0403. The second-order valence-electron chi connectivity index (χ2n) is 7.68. The van der Waals surface area contributed by atoms with E-state index in [-0.39, 0.29) is 23.7 Å². The lowest BCUT2D eigenvalue weighted by Gasteiger charge is -2.39. The van der Waals surface area contributed by atoms with E-state index in [1.165, 1.54) is 0 Å². The van der Waals surface area contributed by atoms with Crippen LogP contribution >= 0.6 is 0 Å². The number of nitrogens with zero attached hydrogens (tertiary/aromatic N) is 2. The Bertz CT molecular complexity index is 676. The average Bonchev–Trinajstić information content (AvgIpc) is 2.59. The standard InChI is InChI=1S/C20H29F6N3O/c1-6-7-12-28(17(27)29(13(2)3)14(4)5)16-10-8-15(9-11-16)18(30,19(21,22)23)20(24,25)26/h8-11,13-14,27,30H,6-7,12H2,1-5H3. The summed E-state index contributed by atoms with van der Waals surface area (Å²) in [7, 11) is 0. The van der Waals surface area contributed by atoms with E-state index in [0.717, 1.165) is 18.6 Å². The van der Waals surface area contributed by atoms with Gasteiger partial charge in [0.15, 0.2) is 5.96 Å². The number of aliphatic hydroxyl groups is 1. The zero-order valence-electron chi connectivity index (χ0n) is 17.7. The summed E-state index contributed by atoms with van der Waals surface area (Å²) >= 11 is 0. The van der Waals surface area contributed by atoms with Crippen molar-refractivity contribution in [1.29, 1.82) is 5.41 Å². The van der Waals surface area contributed by atoms with Crippen LogP contribution < -0.4 is 4.90 Å². The Morgan fingerprint density at radius 2 is 1.37 bits per heavy atom. The first-order valence-corrected chi connectivity index (χ1v) is 9.70. The van der Waals surface area contributed by atoms with E-state index in [1.54, 1.807) is 9.80 Å². The van der Waals surface area contributed by atoms with Crippen molar-refractivity contribution < 1.29 is 31.4 Å². The monoisotopic (exact) mass is 441 g/mol. The van der Waals surface area contributed by atoms with E-state index in [9.17, 15) is 31.4 Å². The number of alkyl halides is 6. The van der Waals surface area contributed by atoms with Gasteiger partial charge in [0.2, 0.25) is 0 Å². The summed E-state index contributed by atoms with van der Waals surface area (Å²) in [6, 6.07) is 3.28. The molecule has 0 radical (unpaired) electrons. The number of benzene rings is 1. The van der Waals surface area contributed by atoms with Crippen molar-refractivity contribution in [3.63, 3.8) is 0 Å². The normalized spacial score (nSPS) is 13.1. The lowest BCUT2D eigenvalue weighted by molar-refractivity contribution is -0.376. The highest BCUT2D eigenvalue weighted by molar-refractivity contribution is 5.94. The smallest absolute Gasteiger partial charge is 0.369 e. The Labute approximate surface area is 173 Å². The molecule has 1 aromatic carbocycles. The first kappa shape index (κ1) is 26.1. The van der Waals surface area contributed by atoms with Crippen molar-refractivity contribution in [2.75, 3.05) is 11.4 Å². The summed E-state index contributed by atoms with van der Waals surface area (Å²) in [4.78, 5) is 3.35. The van der Waals surface area contributed by atoms with Gasteiger partial charge in [-0.1, -0.05) is 25.5 Å². The number of guanidine groups is 1. The number of nitrogens with one attached hydrogen (secondary N) is 1. The number of unbranched alkanes of at least 4 members (excludes halogenated alkanes) is 1. The predicted molar refractivity (Wildman–Crippen MR) is 105 cm³/mol. The number of halogens is 6. The third-order valence-corrected chi connectivity index (χ3v) is 4.77. The molecule has 0 atom stereocenters. The second-order valence-corrected chi connectivity index (χ2v) is 7.68. The Morgan fingerprint density at radius 3 is 1.70 bits per heavy atom. The van der Waals surface area contributed by atoms with Crippen molar-refractivity contribution in [3.8, 4) is 0 Å². The lowest BCUT2D eigenvalue weighted by atomic mass is 9.92. The molecular formula is C20H29F6N3O. The molecule has 0 aliphatic heterocycles. The highest BCUT2D eigenvalue weighted by Crippen LogP contribution is 2.50. The van der Waals surface area contributed by atoms with Crippen molar-refractivity contribution in [1.82, 2.24) is 4.90 Å². The van der Waals surface area contributed by atoms with E-state index in [4.69, 9.17) is 5.41 Å². The fourth-order valence-corrected chi connectivity index (χ4v) is 3.27. The molecule has 2 N–H and O–H groups in total. The molecule has 4 nitrogen and oxygen atoms in total. The van der Waals surface area contributed by atoms with Gasteiger partial charge < -0.3 is 14.9 Å². The van der Waals surface area contributed by atoms with Crippen LogP contribution in [-0.4, -0.2) is 46.9 Å². The quantitative estimate of drug-likeness (QED) is 0.326. The molecule has 0 saturated heterocycles. The Morgan fingerprint density at radius 1 is 0.933 bits per heavy atom. The van der Waals surface area contributed by atoms with Crippen LogP contribution in [0.4, 0.5) is 32.0 Å². The van der Waals surface area contributed by atoms with Crippen LogP contribution in [0.3, 0.4) is 0 Å². The van der Waals surface area contributed by atoms with Gasteiger partial charge in [0.05, 0.1) is 0 Å². The molecule has 0 bridgehead atoms. The van der Waals surface area contributed by atoms with Gasteiger partial charge in [-0.2, -0.15) is 26.3 Å². The van der Waals surface area contributed by atoms with Crippen molar-refractivity contribution in [3.05, 3.63) is 29.8 Å². The molecule has 1 rings (SSSR count). The number of anilines is 1. The summed E-state index contributed by atoms with van der Waals surface area (Å²) < 4.78 is 78.6. The fraction of sp³-hybridized carbons (Fsp3) is 0.650. The minimum Gasteiger partial charge on any atom is -0.369 e. The van der Waals surface area contributed by atoms with E-state index in [1.807, 2.05) is 34.6 Å². The molecule has 0 amide bonds. The molecule has 0 aliphatic rings. The van der Waals surface area contributed by atoms with Gasteiger partial charge in [0.1, 0.15) is 0 Å². The molecule has 172 valence electrons. The van der Waals surface area contributed by atoms with Crippen molar-refractivity contribution in [2.45, 2.75) is 77.5 Å². The van der Waals surface area contributed by atoms with Gasteiger partial charge in [0.25, 0.3) is 5.60 Å². The summed E-state index contributed by atoms with van der Waals surface area (Å²) in [5.74, 6) is 0.100. The summed E-state index contributed by atoms with van der Waals surface area (Å²) in [6.45, 7) is 9.86. The van der Waals surface area contributed by atoms with Crippen LogP contribution in [0.15, 0.2) is 24.3 Å². The zero-order chi connectivity index (χ0) is 23.5. The Kier molecular flexibility index (Phi) is 8.21. The van der Waals surface area contributed by atoms with Gasteiger partial charge in [-0.25, -0.2) is 0 Å². The number of hydrogen-bond acceptors (Lipinski definition) is 2. The van der Waals surface area contributed by atoms with Gasteiger partial charge >= 0.3 is 12.4 Å². The lowest BCUT2D eigenvalue weighted by Crippen LogP contribution is -2.54. The average molecular weight is 441 g/mol. The van der Waals surface area contributed by atoms with Crippen LogP contribution in [0, 0.1) is 5.41 Å². The maximum atomic E-state index is 13.1. The van der Waals surface area contributed by atoms with Crippen molar-refractivity contribution in [2.24, 2.45) is 0 Å². The van der Waals surface area contributed by atoms with Gasteiger partial charge in [-0.05, 0) is 46.2 Å². The van der Waals surface area contributed by atoms with Crippen LogP contribution in [-0.2, 0) is 5.60 Å². The molecule has 0 unspecified atom stereocenters. The molecule has 0 heterocycles.